The van der Waals surface area contributed by atoms with Crippen molar-refractivity contribution in [2.75, 3.05) is 13.1 Å². The molecule has 0 unspecified atom stereocenters. The highest BCUT2D eigenvalue weighted by molar-refractivity contribution is 8.02. The zero-order valence-electron chi connectivity index (χ0n) is 19.9. The number of carbonyl (C=O) groups is 3. The number of unbranched alkanes of at least 4 members (excludes halogenated alkanes) is 1. The number of nitrogens with zero attached hydrogens (tertiary/aromatic N) is 3. The van der Waals surface area contributed by atoms with Crippen molar-refractivity contribution in [2.45, 2.75) is 70.0 Å². The number of nitriles is 1. The molecule has 190 valence electrons. The SMILES string of the molecule is CC(=NCCCC[C@H](N[C@@H](CCc1ccccc1)C(=O)O)C(=O)N1CCC[C@H]1C(=O)O)NSC#N. The predicted molar refractivity (Wildman–Crippen MR) is 134 cm³/mol. The summed E-state index contributed by atoms with van der Waals surface area (Å²) in [5.74, 6) is -1.83. The molecule has 1 heterocycles. The van der Waals surface area contributed by atoms with Crippen molar-refractivity contribution in [1.29, 1.82) is 5.26 Å². The predicted octanol–water partition coefficient (Wildman–Crippen LogP) is 2.41. The summed E-state index contributed by atoms with van der Waals surface area (Å²) in [5, 5.41) is 32.8. The molecule has 0 radical (unpaired) electrons. The van der Waals surface area contributed by atoms with E-state index < -0.39 is 30.1 Å². The molecule has 1 aliphatic rings. The minimum atomic E-state index is -1.05. The second kappa shape index (κ2) is 15.0. The van der Waals surface area contributed by atoms with Crippen molar-refractivity contribution in [3.8, 4) is 5.40 Å². The molecule has 1 aromatic carbocycles. The lowest BCUT2D eigenvalue weighted by Gasteiger charge is -2.29. The normalized spacial score (nSPS) is 17.4. The van der Waals surface area contributed by atoms with E-state index in [1.165, 1.54) is 4.90 Å². The van der Waals surface area contributed by atoms with Gasteiger partial charge in [-0.1, -0.05) is 30.3 Å². The Morgan fingerprint density at radius 1 is 1.20 bits per heavy atom. The monoisotopic (exact) mass is 503 g/mol. The number of hydrogen-bond donors (Lipinski definition) is 4. The number of benzene rings is 1. The zero-order chi connectivity index (χ0) is 25.6. The van der Waals surface area contributed by atoms with Gasteiger partial charge in [0.15, 0.2) is 5.40 Å². The molecule has 0 spiro atoms. The van der Waals surface area contributed by atoms with Gasteiger partial charge < -0.3 is 19.8 Å². The van der Waals surface area contributed by atoms with Crippen molar-refractivity contribution >= 4 is 35.6 Å². The number of hydrogen-bond acceptors (Lipinski definition) is 7. The van der Waals surface area contributed by atoms with Gasteiger partial charge in [0, 0.05) is 13.1 Å². The van der Waals surface area contributed by atoms with E-state index in [4.69, 9.17) is 5.26 Å². The first kappa shape index (κ1) is 28.1. The van der Waals surface area contributed by atoms with E-state index in [-0.39, 0.29) is 5.91 Å². The number of amidine groups is 1. The summed E-state index contributed by atoms with van der Waals surface area (Å²) < 4.78 is 2.78. The first-order chi connectivity index (χ1) is 16.8. The van der Waals surface area contributed by atoms with Gasteiger partial charge in [-0.05, 0) is 57.4 Å². The Balaban J connectivity index is 2.04. The van der Waals surface area contributed by atoms with Gasteiger partial charge in [0.05, 0.1) is 18.0 Å². The van der Waals surface area contributed by atoms with Gasteiger partial charge in [-0.2, -0.15) is 5.26 Å². The maximum absolute atomic E-state index is 13.3. The molecule has 10 nitrogen and oxygen atoms in total. The van der Waals surface area contributed by atoms with E-state index in [1.54, 1.807) is 6.92 Å². The van der Waals surface area contributed by atoms with Crippen LogP contribution in [0.4, 0.5) is 0 Å². The number of aliphatic carboxylic acids is 2. The van der Waals surface area contributed by atoms with Crippen LogP contribution in [0, 0.1) is 10.7 Å². The summed E-state index contributed by atoms with van der Waals surface area (Å²) in [6, 6.07) is 6.91. The largest absolute Gasteiger partial charge is 0.480 e. The summed E-state index contributed by atoms with van der Waals surface area (Å²) in [7, 11) is 0. The van der Waals surface area contributed by atoms with Crippen molar-refractivity contribution in [3.05, 3.63) is 35.9 Å². The Kier molecular flexibility index (Phi) is 12.1. The molecule has 3 atom stereocenters. The highest BCUT2D eigenvalue weighted by atomic mass is 32.2. The Morgan fingerprint density at radius 2 is 1.94 bits per heavy atom. The minimum absolute atomic E-state index is 0.303. The van der Waals surface area contributed by atoms with Gasteiger partial charge in [0.2, 0.25) is 5.91 Å². The van der Waals surface area contributed by atoms with Crippen molar-refractivity contribution in [1.82, 2.24) is 14.9 Å². The van der Waals surface area contributed by atoms with E-state index in [0.717, 1.165) is 17.5 Å². The van der Waals surface area contributed by atoms with E-state index in [2.05, 4.69) is 15.0 Å². The quantitative estimate of drug-likeness (QED) is 0.0984. The number of likely N-dealkylation sites (tertiary alicyclic amines) is 1. The number of carboxylic acids is 2. The Bertz CT molecular complexity index is 921. The van der Waals surface area contributed by atoms with Crippen LogP contribution in [0.5, 0.6) is 0 Å². The van der Waals surface area contributed by atoms with Crippen LogP contribution in [-0.2, 0) is 20.8 Å². The second-order valence-corrected chi connectivity index (χ2v) is 9.01. The first-order valence-corrected chi connectivity index (χ1v) is 12.5. The molecule has 35 heavy (non-hydrogen) atoms. The van der Waals surface area contributed by atoms with Crippen LogP contribution in [0.15, 0.2) is 35.3 Å². The summed E-state index contributed by atoms with van der Waals surface area (Å²) in [5.41, 5.74) is 1.00. The molecule has 1 saturated heterocycles. The van der Waals surface area contributed by atoms with E-state index >= 15 is 0 Å². The fourth-order valence-electron chi connectivity index (χ4n) is 4.08. The molecule has 4 N–H and O–H groups in total. The van der Waals surface area contributed by atoms with Crippen LogP contribution in [0.25, 0.3) is 0 Å². The average Bonchev–Trinajstić information content (AvgIpc) is 3.34. The fraction of sp³-hybridized carbons (Fsp3) is 0.542. The van der Waals surface area contributed by atoms with Crippen LogP contribution in [0.3, 0.4) is 0 Å². The highest BCUT2D eigenvalue weighted by Gasteiger charge is 2.38. The van der Waals surface area contributed by atoms with Gasteiger partial charge in [-0.25, -0.2) is 4.79 Å². The zero-order valence-corrected chi connectivity index (χ0v) is 20.7. The molecule has 11 heteroatoms. The molecule has 0 saturated carbocycles. The van der Waals surface area contributed by atoms with E-state index in [1.807, 2.05) is 35.7 Å². The van der Waals surface area contributed by atoms with Gasteiger partial charge in [0.25, 0.3) is 0 Å². The number of aryl methyl sites for hydroxylation is 1. The minimum Gasteiger partial charge on any atom is -0.480 e. The van der Waals surface area contributed by atoms with E-state index in [9.17, 15) is 24.6 Å². The molecule has 1 aromatic rings. The Hall–Kier alpha value is -3.10. The molecular weight excluding hydrogens is 470 g/mol. The van der Waals surface area contributed by atoms with Crippen molar-refractivity contribution < 1.29 is 24.6 Å². The summed E-state index contributed by atoms with van der Waals surface area (Å²) >= 11 is 0.879. The third kappa shape index (κ3) is 9.58. The molecule has 2 rings (SSSR count). The van der Waals surface area contributed by atoms with Crippen LogP contribution in [0.1, 0.15) is 51.0 Å². The number of thiocyanates is 1. The maximum Gasteiger partial charge on any atom is 0.326 e. The fourth-order valence-corrected chi connectivity index (χ4v) is 4.34. The lowest BCUT2D eigenvalue weighted by Crippen LogP contribution is -2.54. The summed E-state index contributed by atoms with van der Waals surface area (Å²) in [6.07, 6.45) is 3.46. The molecule has 1 aliphatic heterocycles. The van der Waals surface area contributed by atoms with Crippen LogP contribution >= 0.6 is 11.9 Å². The van der Waals surface area contributed by atoms with Gasteiger partial charge in [-0.3, -0.25) is 19.9 Å². The maximum atomic E-state index is 13.3. The summed E-state index contributed by atoms with van der Waals surface area (Å²) in [4.78, 5) is 42.6. The number of nitrogens with one attached hydrogen (secondary N) is 2. The number of carboxylic acid groups (broad SMARTS) is 2. The number of amides is 1. The number of aliphatic imine (C=N–C) groups is 1. The van der Waals surface area contributed by atoms with Gasteiger partial charge in [-0.15, -0.1) is 0 Å². The Morgan fingerprint density at radius 3 is 2.60 bits per heavy atom. The van der Waals surface area contributed by atoms with Crippen LogP contribution in [-0.4, -0.2) is 70.0 Å². The van der Waals surface area contributed by atoms with Crippen LogP contribution in [0.2, 0.25) is 0 Å². The molecule has 0 aliphatic carbocycles. The number of carbonyl (C=O) groups excluding carboxylic acids is 1. The smallest absolute Gasteiger partial charge is 0.326 e. The van der Waals surface area contributed by atoms with Gasteiger partial charge in [0.1, 0.15) is 17.9 Å². The van der Waals surface area contributed by atoms with Crippen molar-refractivity contribution in [3.63, 3.8) is 0 Å². The lowest BCUT2D eigenvalue weighted by atomic mass is 10.0. The molecule has 1 amide bonds. The molecule has 0 aromatic heterocycles. The third-order valence-corrected chi connectivity index (χ3v) is 6.37. The standard InChI is InChI=1S/C24H33N5O5S/c1-17(28-35-16-25)26-14-6-5-10-19(22(30)29-15-7-11-21(29)24(33)34)27-20(23(31)32)13-12-18-8-3-2-4-9-18/h2-4,8-9,19-21,27H,5-7,10-15H2,1H3,(H,26,28)(H,31,32)(H,33,34)/t19-,20-,21-/m0/s1. The summed E-state index contributed by atoms with van der Waals surface area (Å²) in [6.45, 7) is 2.59. The molecule has 1 fully saturated rings. The topological polar surface area (TPSA) is 155 Å². The lowest BCUT2D eigenvalue weighted by molar-refractivity contribution is -0.149. The van der Waals surface area contributed by atoms with Gasteiger partial charge >= 0.3 is 11.9 Å². The molecular formula is C24H33N5O5S. The third-order valence-electron chi connectivity index (χ3n) is 5.88. The number of rotatable bonds is 14. The van der Waals surface area contributed by atoms with E-state index in [0.29, 0.717) is 63.9 Å². The Labute approximate surface area is 209 Å². The average molecular weight is 504 g/mol. The van der Waals surface area contributed by atoms with Crippen LogP contribution < -0.4 is 10.0 Å². The van der Waals surface area contributed by atoms with Crippen molar-refractivity contribution in [2.24, 2.45) is 4.99 Å². The second-order valence-electron chi connectivity index (χ2n) is 8.42. The highest BCUT2D eigenvalue weighted by Crippen LogP contribution is 2.20. The first-order valence-electron chi connectivity index (χ1n) is 11.7. The molecule has 0 bridgehead atoms.